The van der Waals surface area contributed by atoms with Crippen molar-refractivity contribution in [3.8, 4) is 0 Å². The summed E-state index contributed by atoms with van der Waals surface area (Å²) in [5.41, 5.74) is 0.834. The maximum absolute atomic E-state index is 6.08. The smallest absolute Gasteiger partial charge is 0.213 e. The van der Waals surface area contributed by atoms with Gasteiger partial charge in [0.15, 0.2) is 0 Å². The summed E-state index contributed by atoms with van der Waals surface area (Å²) in [5.74, 6) is 2.97. The minimum Gasteiger partial charge on any atom is -0.444 e. The molecule has 0 atom stereocenters. The minimum absolute atomic E-state index is 0.482. The van der Waals surface area contributed by atoms with Crippen molar-refractivity contribution in [1.29, 1.82) is 0 Å². The summed E-state index contributed by atoms with van der Waals surface area (Å²) in [6.07, 6.45) is 3.33. The van der Waals surface area contributed by atoms with Gasteiger partial charge in [0.05, 0.1) is 12.7 Å². The highest BCUT2D eigenvalue weighted by Crippen LogP contribution is 2.20. The molecule has 2 aromatic heterocycles. The van der Waals surface area contributed by atoms with Gasteiger partial charge in [-0.15, -0.1) is 0 Å². The topological polar surface area (TPSA) is 63.8 Å². The third-order valence-electron chi connectivity index (χ3n) is 2.81. The van der Waals surface area contributed by atoms with Crippen LogP contribution in [0.4, 0.5) is 5.82 Å². The minimum atomic E-state index is 0.482. The van der Waals surface area contributed by atoms with E-state index in [0.29, 0.717) is 17.6 Å². The summed E-state index contributed by atoms with van der Waals surface area (Å²) in [6.45, 7) is 6.39. The van der Waals surface area contributed by atoms with E-state index in [1.54, 1.807) is 6.20 Å². The molecule has 0 aromatic carbocycles. The number of hydrogen-bond donors (Lipinski definition) is 1. The fourth-order valence-corrected chi connectivity index (χ4v) is 1.80. The molecule has 0 bridgehead atoms. The highest BCUT2D eigenvalue weighted by Gasteiger charge is 2.09. The van der Waals surface area contributed by atoms with Gasteiger partial charge in [-0.05, 0) is 6.92 Å². The van der Waals surface area contributed by atoms with Crippen molar-refractivity contribution < 1.29 is 4.42 Å². The first kappa shape index (κ1) is 13.8. The summed E-state index contributed by atoms with van der Waals surface area (Å²) in [6, 6.07) is 0. The molecule has 0 saturated carbocycles. The number of rotatable bonds is 5. The SMILES string of the molecule is CCc1nc(Cl)c(C)c(NCc2ncc(CC)o2)n1. The summed E-state index contributed by atoms with van der Waals surface area (Å²) in [4.78, 5) is 12.8. The Morgan fingerprint density at radius 2 is 2.05 bits per heavy atom. The molecule has 2 aromatic rings. The normalized spacial score (nSPS) is 10.7. The van der Waals surface area contributed by atoms with Gasteiger partial charge in [-0.25, -0.2) is 15.0 Å². The van der Waals surface area contributed by atoms with E-state index < -0.39 is 0 Å². The van der Waals surface area contributed by atoms with Crippen molar-refractivity contribution in [2.45, 2.75) is 40.2 Å². The van der Waals surface area contributed by atoms with E-state index in [1.165, 1.54) is 0 Å². The third kappa shape index (κ3) is 3.23. The van der Waals surface area contributed by atoms with E-state index in [-0.39, 0.29) is 0 Å². The molecule has 0 saturated heterocycles. The Hall–Kier alpha value is -1.62. The quantitative estimate of drug-likeness (QED) is 0.852. The molecular formula is C13H17ClN4O. The molecule has 2 rings (SSSR count). The highest BCUT2D eigenvalue weighted by atomic mass is 35.5. The number of oxazole rings is 1. The number of hydrogen-bond acceptors (Lipinski definition) is 5. The van der Waals surface area contributed by atoms with Gasteiger partial charge in [-0.2, -0.15) is 0 Å². The van der Waals surface area contributed by atoms with Gasteiger partial charge in [-0.3, -0.25) is 0 Å². The van der Waals surface area contributed by atoms with Crippen LogP contribution in [0.5, 0.6) is 0 Å². The molecule has 0 aliphatic rings. The van der Waals surface area contributed by atoms with E-state index in [1.807, 2.05) is 20.8 Å². The fraction of sp³-hybridized carbons (Fsp3) is 0.462. The second-order valence-electron chi connectivity index (χ2n) is 4.19. The summed E-state index contributed by atoms with van der Waals surface area (Å²) in [7, 11) is 0. The number of nitrogens with zero attached hydrogens (tertiary/aromatic N) is 3. The molecular weight excluding hydrogens is 264 g/mol. The van der Waals surface area contributed by atoms with Gasteiger partial charge < -0.3 is 9.73 Å². The molecule has 0 aliphatic heterocycles. The van der Waals surface area contributed by atoms with Crippen molar-refractivity contribution in [3.63, 3.8) is 0 Å². The first-order valence-electron chi connectivity index (χ1n) is 6.34. The van der Waals surface area contributed by atoms with Crippen LogP contribution in [0.1, 0.15) is 36.9 Å². The number of anilines is 1. The van der Waals surface area contributed by atoms with Gasteiger partial charge in [-0.1, -0.05) is 25.4 Å². The molecule has 6 heteroatoms. The van der Waals surface area contributed by atoms with Crippen LogP contribution in [0.2, 0.25) is 5.15 Å². The molecule has 2 heterocycles. The third-order valence-corrected chi connectivity index (χ3v) is 3.17. The van der Waals surface area contributed by atoms with Crippen LogP contribution in [0.3, 0.4) is 0 Å². The van der Waals surface area contributed by atoms with Crippen LogP contribution in [-0.4, -0.2) is 15.0 Å². The fourth-order valence-electron chi connectivity index (χ4n) is 1.62. The zero-order valence-electron chi connectivity index (χ0n) is 11.3. The predicted octanol–water partition coefficient (Wildman–Crippen LogP) is 3.16. The van der Waals surface area contributed by atoms with Crippen LogP contribution < -0.4 is 5.32 Å². The molecule has 0 aliphatic carbocycles. The Bertz CT molecular complexity index is 568. The van der Waals surface area contributed by atoms with Crippen LogP contribution in [0.25, 0.3) is 0 Å². The summed E-state index contributed by atoms with van der Waals surface area (Å²) < 4.78 is 5.53. The van der Waals surface area contributed by atoms with Gasteiger partial charge in [0.2, 0.25) is 5.89 Å². The Morgan fingerprint density at radius 3 is 2.68 bits per heavy atom. The van der Waals surface area contributed by atoms with E-state index in [0.717, 1.165) is 35.8 Å². The van der Waals surface area contributed by atoms with Crippen LogP contribution in [0, 0.1) is 6.92 Å². The highest BCUT2D eigenvalue weighted by molar-refractivity contribution is 6.30. The Labute approximate surface area is 117 Å². The van der Waals surface area contributed by atoms with Crippen molar-refractivity contribution >= 4 is 17.4 Å². The standard InChI is InChI=1S/C13H17ClN4O/c1-4-9-6-15-11(19-9)7-16-13-8(3)12(14)17-10(5-2)18-13/h6H,4-5,7H2,1-3H3,(H,16,17,18). The molecule has 0 fully saturated rings. The Balaban J connectivity index is 2.12. The molecule has 19 heavy (non-hydrogen) atoms. The summed E-state index contributed by atoms with van der Waals surface area (Å²) >= 11 is 6.08. The van der Waals surface area contributed by atoms with Crippen molar-refractivity contribution in [1.82, 2.24) is 15.0 Å². The lowest BCUT2D eigenvalue weighted by Gasteiger charge is -2.09. The number of nitrogens with one attached hydrogen (secondary N) is 1. The largest absolute Gasteiger partial charge is 0.444 e. The van der Waals surface area contributed by atoms with Crippen molar-refractivity contribution in [2.24, 2.45) is 0 Å². The summed E-state index contributed by atoms with van der Waals surface area (Å²) in [5, 5.41) is 3.67. The van der Waals surface area contributed by atoms with E-state index >= 15 is 0 Å². The maximum atomic E-state index is 6.08. The van der Waals surface area contributed by atoms with Gasteiger partial charge in [0.1, 0.15) is 22.6 Å². The number of aryl methyl sites for hydroxylation is 2. The predicted molar refractivity (Wildman–Crippen MR) is 74.4 cm³/mol. The zero-order valence-corrected chi connectivity index (χ0v) is 12.1. The second kappa shape index (κ2) is 6.02. The Kier molecular flexibility index (Phi) is 4.37. The zero-order chi connectivity index (χ0) is 13.8. The van der Waals surface area contributed by atoms with Crippen LogP contribution in [0.15, 0.2) is 10.6 Å². The van der Waals surface area contributed by atoms with Crippen LogP contribution in [-0.2, 0) is 19.4 Å². The molecule has 5 nitrogen and oxygen atoms in total. The first-order chi connectivity index (χ1) is 9.13. The molecule has 102 valence electrons. The number of halogens is 1. The maximum Gasteiger partial charge on any atom is 0.213 e. The lowest BCUT2D eigenvalue weighted by atomic mass is 10.3. The lowest BCUT2D eigenvalue weighted by molar-refractivity contribution is 0.465. The van der Waals surface area contributed by atoms with E-state index in [4.69, 9.17) is 16.0 Å². The molecule has 0 radical (unpaired) electrons. The number of aromatic nitrogens is 3. The first-order valence-corrected chi connectivity index (χ1v) is 6.72. The average Bonchev–Trinajstić information content (AvgIpc) is 2.88. The molecule has 0 amide bonds. The van der Waals surface area contributed by atoms with E-state index in [2.05, 4.69) is 20.3 Å². The molecule has 0 spiro atoms. The van der Waals surface area contributed by atoms with Crippen LogP contribution >= 0.6 is 11.6 Å². The monoisotopic (exact) mass is 280 g/mol. The van der Waals surface area contributed by atoms with Crippen molar-refractivity contribution in [2.75, 3.05) is 5.32 Å². The van der Waals surface area contributed by atoms with Gasteiger partial charge in [0.25, 0.3) is 0 Å². The van der Waals surface area contributed by atoms with E-state index in [9.17, 15) is 0 Å². The molecule has 1 N–H and O–H groups in total. The molecule has 0 unspecified atom stereocenters. The van der Waals surface area contributed by atoms with Gasteiger partial charge in [0, 0.05) is 18.4 Å². The Morgan fingerprint density at radius 1 is 1.26 bits per heavy atom. The van der Waals surface area contributed by atoms with Gasteiger partial charge >= 0.3 is 0 Å². The second-order valence-corrected chi connectivity index (χ2v) is 4.54. The average molecular weight is 281 g/mol. The lowest BCUT2D eigenvalue weighted by Crippen LogP contribution is -2.07. The van der Waals surface area contributed by atoms with Crippen molar-refractivity contribution in [3.05, 3.63) is 34.4 Å².